The average Bonchev–Trinajstić information content (AvgIpc) is 2.62. The molecule has 0 spiro atoms. The molecule has 0 aromatic heterocycles. The van der Waals surface area contributed by atoms with Crippen LogP contribution in [0.5, 0.6) is 0 Å². The molecule has 12 heavy (non-hydrogen) atoms. The molecule has 1 aliphatic heterocycles. The lowest BCUT2D eigenvalue weighted by atomic mass is 9.94. The first-order chi connectivity index (χ1) is 5.83. The minimum absolute atomic E-state index is 0.0995. The van der Waals surface area contributed by atoms with Crippen LogP contribution in [0.3, 0.4) is 0 Å². The zero-order valence-electron chi connectivity index (χ0n) is 7.47. The van der Waals surface area contributed by atoms with E-state index >= 15 is 0 Å². The molecule has 1 saturated heterocycles. The number of hydrogen-bond acceptors (Lipinski definition) is 2. The SMILES string of the molecule is CNC(=O)C1NCC2CCCC21. The van der Waals surface area contributed by atoms with Crippen LogP contribution in [-0.2, 0) is 4.79 Å². The summed E-state index contributed by atoms with van der Waals surface area (Å²) in [6.45, 7) is 1.04. The maximum absolute atomic E-state index is 11.4. The van der Waals surface area contributed by atoms with Gasteiger partial charge in [-0.25, -0.2) is 0 Å². The quantitative estimate of drug-likeness (QED) is 0.584. The topological polar surface area (TPSA) is 41.1 Å². The first-order valence-electron chi connectivity index (χ1n) is 4.78. The van der Waals surface area contributed by atoms with Gasteiger partial charge >= 0.3 is 0 Å². The van der Waals surface area contributed by atoms with E-state index in [1.807, 2.05) is 0 Å². The van der Waals surface area contributed by atoms with Crippen LogP contribution in [-0.4, -0.2) is 25.5 Å². The van der Waals surface area contributed by atoms with Crippen LogP contribution < -0.4 is 10.6 Å². The highest BCUT2D eigenvalue weighted by molar-refractivity contribution is 5.82. The number of carbonyl (C=O) groups excluding carboxylic acids is 1. The number of rotatable bonds is 1. The molecule has 1 heterocycles. The molecule has 0 radical (unpaired) electrons. The van der Waals surface area contributed by atoms with Gasteiger partial charge in [-0.05, 0) is 31.2 Å². The van der Waals surface area contributed by atoms with Crippen molar-refractivity contribution < 1.29 is 4.79 Å². The number of hydrogen-bond donors (Lipinski definition) is 2. The molecule has 3 heteroatoms. The van der Waals surface area contributed by atoms with E-state index in [1.165, 1.54) is 19.3 Å². The van der Waals surface area contributed by atoms with Gasteiger partial charge in [0, 0.05) is 7.05 Å². The molecule has 2 aliphatic rings. The lowest BCUT2D eigenvalue weighted by Crippen LogP contribution is -2.42. The molecule has 3 nitrogen and oxygen atoms in total. The van der Waals surface area contributed by atoms with E-state index in [4.69, 9.17) is 0 Å². The summed E-state index contributed by atoms with van der Waals surface area (Å²) in [5.74, 6) is 1.56. The molecular weight excluding hydrogens is 152 g/mol. The van der Waals surface area contributed by atoms with Gasteiger partial charge in [-0.3, -0.25) is 4.79 Å². The minimum Gasteiger partial charge on any atom is -0.358 e. The lowest BCUT2D eigenvalue weighted by molar-refractivity contribution is -0.123. The third kappa shape index (κ3) is 1.12. The van der Waals surface area contributed by atoms with Crippen LogP contribution in [0.25, 0.3) is 0 Å². The second-order valence-corrected chi connectivity index (χ2v) is 3.86. The molecule has 1 aliphatic carbocycles. The van der Waals surface area contributed by atoms with E-state index in [1.54, 1.807) is 7.05 Å². The molecule has 0 aromatic carbocycles. The van der Waals surface area contributed by atoms with Crippen molar-refractivity contribution in [3.63, 3.8) is 0 Å². The Labute approximate surface area is 72.9 Å². The Kier molecular flexibility index (Phi) is 2.05. The number of likely N-dealkylation sites (N-methyl/N-ethyl adjacent to an activating group) is 1. The summed E-state index contributed by atoms with van der Waals surface area (Å²) in [5.41, 5.74) is 0. The van der Waals surface area contributed by atoms with E-state index in [0.29, 0.717) is 5.92 Å². The smallest absolute Gasteiger partial charge is 0.237 e. The summed E-state index contributed by atoms with van der Waals surface area (Å²) in [4.78, 5) is 11.4. The van der Waals surface area contributed by atoms with E-state index in [9.17, 15) is 4.79 Å². The Hall–Kier alpha value is -0.570. The Morgan fingerprint density at radius 3 is 3.08 bits per heavy atom. The first kappa shape index (κ1) is 8.05. The largest absolute Gasteiger partial charge is 0.358 e. The van der Waals surface area contributed by atoms with E-state index in [0.717, 1.165) is 12.5 Å². The van der Waals surface area contributed by atoms with Crippen molar-refractivity contribution in [3.05, 3.63) is 0 Å². The fourth-order valence-electron chi connectivity index (χ4n) is 2.63. The number of fused-ring (bicyclic) bond motifs is 1. The summed E-state index contributed by atoms with van der Waals surface area (Å²) >= 11 is 0. The molecule has 0 aromatic rings. The van der Waals surface area contributed by atoms with E-state index < -0.39 is 0 Å². The maximum Gasteiger partial charge on any atom is 0.237 e. The summed E-state index contributed by atoms with van der Waals surface area (Å²) in [6, 6.07) is 0.0995. The molecule has 1 saturated carbocycles. The van der Waals surface area contributed by atoms with Gasteiger partial charge in [-0.15, -0.1) is 0 Å². The molecule has 0 bridgehead atoms. The van der Waals surface area contributed by atoms with Gasteiger partial charge in [0.05, 0.1) is 6.04 Å². The molecule has 3 atom stereocenters. The van der Waals surface area contributed by atoms with Gasteiger partial charge in [-0.2, -0.15) is 0 Å². The van der Waals surface area contributed by atoms with Gasteiger partial charge in [0.15, 0.2) is 0 Å². The molecule has 1 amide bonds. The minimum atomic E-state index is 0.0995. The lowest BCUT2D eigenvalue weighted by Gasteiger charge is -2.15. The molecule has 2 fully saturated rings. The van der Waals surface area contributed by atoms with Crippen molar-refractivity contribution in [2.75, 3.05) is 13.6 Å². The Morgan fingerprint density at radius 1 is 1.50 bits per heavy atom. The van der Waals surface area contributed by atoms with Gasteiger partial charge in [0.1, 0.15) is 0 Å². The van der Waals surface area contributed by atoms with Crippen LogP contribution in [0, 0.1) is 11.8 Å². The molecule has 68 valence electrons. The number of carbonyl (C=O) groups is 1. The first-order valence-corrected chi connectivity index (χ1v) is 4.78. The predicted molar refractivity (Wildman–Crippen MR) is 46.7 cm³/mol. The average molecular weight is 168 g/mol. The van der Waals surface area contributed by atoms with E-state index in [2.05, 4.69) is 10.6 Å². The zero-order chi connectivity index (χ0) is 8.55. The summed E-state index contributed by atoms with van der Waals surface area (Å²) < 4.78 is 0. The Balaban J connectivity index is 2.04. The van der Waals surface area contributed by atoms with Crippen LogP contribution in [0.1, 0.15) is 19.3 Å². The normalized spacial score (nSPS) is 39.6. The second-order valence-electron chi connectivity index (χ2n) is 3.86. The molecule has 2 rings (SSSR count). The van der Waals surface area contributed by atoms with Gasteiger partial charge < -0.3 is 10.6 Å². The van der Waals surface area contributed by atoms with Crippen LogP contribution >= 0.6 is 0 Å². The molecular formula is C9H16N2O. The van der Waals surface area contributed by atoms with Crippen molar-refractivity contribution >= 4 is 5.91 Å². The van der Waals surface area contributed by atoms with Crippen molar-refractivity contribution in [3.8, 4) is 0 Å². The third-order valence-corrected chi connectivity index (χ3v) is 3.27. The van der Waals surface area contributed by atoms with Crippen LogP contribution in [0.15, 0.2) is 0 Å². The summed E-state index contributed by atoms with van der Waals surface area (Å²) in [5, 5.41) is 6.02. The molecule has 3 unspecified atom stereocenters. The van der Waals surface area contributed by atoms with Crippen molar-refractivity contribution in [2.45, 2.75) is 25.3 Å². The summed E-state index contributed by atoms with van der Waals surface area (Å²) in [7, 11) is 1.71. The van der Waals surface area contributed by atoms with Crippen molar-refractivity contribution in [1.82, 2.24) is 10.6 Å². The van der Waals surface area contributed by atoms with Crippen molar-refractivity contribution in [2.24, 2.45) is 11.8 Å². The van der Waals surface area contributed by atoms with Gasteiger partial charge in [0.25, 0.3) is 0 Å². The van der Waals surface area contributed by atoms with Crippen LogP contribution in [0.2, 0.25) is 0 Å². The highest BCUT2D eigenvalue weighted by Crippen LogP contribution is 2.37. The predicted octanol–water partition coefficient (Wildman–Crippen LogP) is 0.120. The highest BCUT2D eigenvalue weighted by atomic mass is 16.2. The zero-order valence-corrected chi connectivity index (χ0v) is 7.47. The van der Waals surface area contributed by atoms with E-state index in [-0.39, 0.29) is 11.9 Å². The maximum atomic E-state index is 11.4. The second kappa shape index (κ2) is 3.05. The van der Waals surface area contributed by atoms with Gasteiger partial charge in [-0.1, -0.05) is 6.42 Å². The van der Waals surface area contributed by atoms with Crippen LogP contribution in [0.4, 0.5) is 0 Å². The Bertz CT molecular complexity index is 193. The third-order valence-electron chi connectivity index (χ3n) is 3.27. The fourth-order valence-corrected chi connectivity index (χ4v) is 2.63. The highest BCUT2D eigenvalue weighted by Gasteiger charge is 2.41. The molecule has 2 N–H and O–H groups in total. The Morgan fingerprint density at radius 2 is 2.33 bits per heavy atom. The number of nitrogens with one attached hydrogen (secondary N) is 2. The standard InChI is InChI=1S/C9H16N2O/c1-10-9(12)8-7-4-2-3-6(7)5-11-8/h6-8,11H,2-5H2,1H3,(H,10,12). The monoisotopic (exact) mass is 168 g/mol. The number of amides is 1. The van der Waals surface area contributed by atoms with Crippen molar-refractivity contribution in [1.29, 1.82) is 0 Å². The fraction of sp³-hybridized carbons (Fsp3) is 0.889. The van der Waals surface area contributed by atoms with Gasteiger partial charge in [0.2, 0.25) is 5.91 Å². The summed E-state index contributed by atoms with van der Waals surface area (Å²) in [6.07, 6.45) is 3.85.